The van der Waals surface area contributed by atoms with E-state index >= 15 is 0 Å². The second kappa shape index (κ2) is 6.33. The quantitative estimate of drug-likeness (QED) is 0.504. The van der Waals surface area contributed by atoms with Gasteiger partial charge >= 0.3 is 0 Å². The highest BCUT2D eigenvalue weighted by Crippen LogP contribution is 2.64. The van der Waals surface area contributed by atoms with Gasteiger partial charge in [0.1, 0.15) is 5.70 Å². The fourth-order valence-corrected chi connectivity index (χ4v) is 5.29. The van der Waals surface area contributed by atoms with E-state index in [-0.39, 0.29) is 5.70 Å². The number of nitrogens with one attached hydrogen (secondary N) is 2. The van der Waals surface area contributed by atoms with Crippen molar-refractivity contribution < 1.29 is 19.5 Å². The van der Waals surface area contributed by atoms with Gasteiger partial charge in [0.25, 0.3) is 11.8 Å². The number of hydrogen-bond donors (Lipinski definition) is 3. The van der Waals surface area contributed by atoms with Crippen LogP contribution in [0.5, 0.6) is 0 Å². The number of para-hydroxylation sites is 1. The van der Waals surface area contributed by atoms with Gasteiger partial charge in [0.15, 0.2) is 5.76 Å². The average Bonchev–Trinajstić information content (AvgIpc) is 3.44. The summed E-state index contributed by atoms with van der Waals surface area (Å²) in [6.07, 6.45) is 7.81. The minimum Gasteiger partial charge on any atom is -0.503 e. The average molecular weight is 433 g/mol. The molecule has 1 saturated heterocycles. The fraction of sp³-hybridized carbons (Fsp3) is 0.261. The summed E-state index contributed by atoms with van der Waals surface area (Å²) in [5.74, 6) is -3.19. The van der Waals surface area contributed by atoms with Crippen molar-refractivity contribution in [2.45, 2.75) is 25.0 Å². The van der Waals surface area contributed by atoms with Crippen LogP contribution in [-0.2, 0) is 19.8 Å². The molecule has 0 unspecified atom stereocenters. The van der Waals surface area contributed by atoms with E-state index in [2.05, 4.69) is 21.9 Å². The summed E-state index contributed by atoms with van der Waals surface area (Å²) in [4.78, 5) is 40.8. The minimum absolute atomic E-state index is 0.0537. The molecule has 1 spiro atoms. The van der Waals surface area contributed by atoms with Gasteiger partial charge in [-0.3, -0.25) is 19.3 Å². The number of carbonyl (C=O) groups is 2. The number of carbonyl (C=O) groups excluding carboxylic acids is 2. The Morgan fingerprint density at radius 2 is 2.03 bits per heavy atom. The SMILES string of the molecule is C=CC(C)(C)[C@]12C=C(O)C(=O)N3/C(=C/c4cnc[nH]4)C(=O)N[C@@]31N(OC)c1ccccc12. The summed E-state index contributed by atoms with van der Waals surface area (Å²) in [5.41, 5.74) is 0.141. The normalized spacial score (nSPS) is 27.7. The second-order valence-corrected chi connectivity index (χ2v) is 8.56. The zero-order valence-electron chi connectivity index (χ0n) is 17.9. The van der Waals surface area contributed by atoms with E-state index in [1.54, 1.807) is 6.08 Å². The van der Waals surface area contributed by atoms with E-state index in [1.807, 2.05) is 38.1 Å². The van der Waals surface area contributed by atoms with Crippen molar-refractivity contribution in [3.05, 3.63) is 78.2 Å². The second-order valence-electron chi connectivity index (χ2n) is 8.56. The Kier molecular flexibility index (Phi) is 3.97. The monoisotopic (exact) mass is 433 g/mol. The highest BCUT2D eigenvalue weighted by molar-refractivity contribution is 6.10. The first-order chi connectivity index (χ1) is 15.2. The van der Waals surface area contributed by atoms with Crippen LogP contribution in [0.25, 0.3) is 6.08 Å². The van der Waals surface area contributed by atoms with E-state index in [0.29, 0.717) is 11.4 Å². The smallest absolute Gasteiger partial charge is 0.296 e. The van der Waals surface area contributed by atoms with Gasteiger partial charge in [-0.1, -0.05) is 38.1 Å². The lowest BCUT2D eigenvalue weighted by Crippen LogP contribution is -2.76. The number of aromatic nitrogens is 2. The number of anilines is 1. The first-order valence-corrected chi connectivity index (χ1v) is 10.1. The molecule has 2 amide bonds. The summed E-state index contributed by atoms with van der Waals surface area (Å²) in [6, 6.07) is 7.47. The molecule has 3 N–H and O–H groups in total. The van der Waals surface area contributed by atoms with Gasteiger partial charge in [-0.2, -0.15) is 0 Å². The van der Waals surface area contributed by atoms with Crippen LogP contribution in [0, 0.1) is 5.41 Å². The maximum atomic E-state index is 13.4. The maximum absolute atomic E-state index is 13.4. The number of fused-ring (bicyclic) bond motifs is 2. The Labute approximate surface area is 184 Å². The van der Waals surface area contributed by atoms with Crippen molar-refractivity contribution >= 4 is 23.6 Å². The Hall–Kier alpha value is -3.85. The lowest BCUT2D eigenvalue weighted by molar-refractivity contribution is -0.144. The van der Waals surface area contributed by atoms with Crippen molar-refractivity contribution in [2.75, 3.05) is 12.2 Å². The first-order valence-electron chi connectivity index (χ1n) is 10.1. The highest BCUT2D eigenvalue weighted by atomic mass is 16.7. The van der Waals surface area contributed by atoms with Crippen molar-refractivity contribution in [1.82, 2.24) is 20.2 Å². The van der Waals surface area contributed by atoms with Gasteiger partial charge in [-0.15, -0.1) is 6.58 Å². The van der Waals surface area contributed by atoms with E-state index in [1.165, 1.54) is 41.7 Å². The van der Waals surface area contributed by atoms with Gasteiger partial charge in [-0.25, -0.2) is 10.0 Å². The molecule has 2 aromatic rings. The Balaban J connectivity index is 1.91. The van der Waals surface area contributed by atoms with Gasteiger partial charge in [0, 0.05) is 5.41 Å². The van der Waals surface area contributed by atoms with Crippen LogP contribution in [0.2, 0.25) is 0 Å². The molecule has 0 saturated carbocycles. The maximum Gasteiger partial charge on any atom is 0.296 e. The van der Waals surface area contributed by atoms with Crippen LogP contribution in [0.1, 0.15) is 25.1 Å². The molecular formula is C23H23N5O4. The first kappa shape index (κ1) is 20.1. The van der Waals surface area contributed by atoms with Crippen LogP contribution in [-0.4, -0.2) is 44.7 Å². The molecular weight excluding hydrogens is 410 g/mol. The zero-order valence-corrected chi connectivity index (χ0v) is 17.9. The molecule has 1 fully saturated rings. The number of hydrogen-bond acceptors (Lipinski definition) is 6. The predicted molar refractivity (Wildman–Crippen MR) is 117 cm³/mol. The lowest BCUT2D eigenvalue weighted by atomic mass is 9.57. The van der Waals surface area contributed by atoms with Crippen LogP contribution in [0.15, 0.2) is 67.0 Å². The molecule has 1 aromatic carbocycles. The summed E-state index contributed by atoms with van der Waals surface area (Å²) in [5, 5.41) is 15.5. The summed E-state index contributed by atoms with van der Waals surface area (Å²) in [6.45, 7) is 7.91. The standard InChI is InChI=1S/C23H23N5O4/c1-5-21(2,3)22-11-18(29)20(31)27-17(10-14-12-24-13-25-14)19(30)26-23(22,27)28(32-4)16-9-7-6-8-15(16)22/h5-13,29H,1H2,2-4H3,(H,24,25)(H,26,30)/b17-10+/t22-,23-/m1/s1. The molecule has 1 aromatic heterocycles. The van der Waals surface area contributed by atoms with E-state index in [4.69, 9.17) is 4.84 Å². The van der Waals surface area contributed by atoms with Crippen molar-refractivity contribution in [2.24, 2.45) is 5.41 Å². The number of aliphatic hydroxyl groups is 1. The number of aromatic amines is 1. The van der Waals surface area contributed by atoms with Crippen LogP contribution in [0.3, 0.4) is 0 Å². The minimum atomic E-state index is -1.52. The zero-order chi connectivity index (χ0) is 22.9. The molecule has 9 heteroatoms. The molecule has 0 radical (unpaired) electrons. The third-order valence-corrected chi connectivity index (χ3v) is 6.77. The molecule has 9 nitrogen and oxygen atoms in total. The van der Waals surface area contributed by atoms with Crippen molar-refractivity contribution in [3.63, 3.8) is 0 Å². The van der Waals surface area contributed by atoms with Crippen molar-refractivity contribution in [1.29, 1.82) is 0 Å². The molecule has 5 rings (SSSR count). The number of imidazole rings is 1. The molecule has 3 aliphatic heterocycles. The Morgan fingerprint density at radius 3 is 2.69 bits per heavy atom. The van der Waals surface area contributed by atoms with Gasteiger partial charge in [-0.05, 0) is 23.8 Å². The number of nitrogens with zero attached hydrogens (tertiary/aromatic N) is 3. The number of benzene rings is 1. The molecule has 32 heavy (non-hydrogen) atoms. The summed E-state index contributed by atoms with van der Waals surface area (Å²) in [7, 11) is 1.48. The topological polar surface area (TPSA) is 111 Å². The third kappa shape index (κ3) is 2.08. The number of H-pyrrole nitrogens is 1. The van der Waals surface area contributed by atoms with Gasteiger partial charge in [0.05, 0.1) is 36.4 Å². The number of aliphatic hydroxyl groups excluding tert-OH is 1. The van der Waals surface area contributed by atoms with Gasteiger partial charge < -0.3 is 15.4 Å². The molecule has 0 bridgehead atoms. The Bertz CT molecular complexity index is 1210. The molecule has 164 valence electrons. The fourth-order valence-electron chi connectivity index (χ4n) is 5.29. The summed E-state index contributed by atoms with van der Waals surface area (Å²) >= 11 is 0. The number of hydroxylamine groups is 1. The molecule has 3 aliphatic rings. The summed E-state index contributed by atoms with van der Waals surface area (Å²) < 4.78 is 0. The largest absolute Gasteiger partial charge is 0.503 e. The van der Waals surface area contributed by atoms with Crippen LogP contribution in [0.4, 0.5) is 5.69 Å². The van der Waals surface area contributed by atoms with E-state index in [9.17, 15) is 14.7 Å². The predicted octanol–water partition coefficient (Wildman–Crippen LogP) is 2.35. The number of allylic oxidation sites excluding steroid dienone is 1. The van der Waals surface area contributed by atoms with Crippen molar-refractivity contribution in [3.8, 4) is 0 Å². The lowest BCUT2D eigenvalue weighted by Gasteiger charge is -2.56. The van der Waals surface area contributed by atoms with Crippen LogP contribution < -0.4 is 10.4 Å². The van der Waals surface area contributed by atoms with E-state index < -0.39 is 34.2 Å². The highest BCUT2D eigenvalue weighted by Gasteiger charge is 2.76. The molecule has 0 aliphatic carbocycles. The molecule has 2 atom stereocenters. The number of amides is 2. The number of rotatable bonds is 4. The van der Waals surface area contributed by atoms with Gasteiger partial charge in [0.2, 0.25) is 5.79 Å². The molecule has 4 heterocycles. The third-order valence-electron chi connectivity index (χ3n) is 6.77. The van der Waals surface area contributed by atoms with E-state index in [0.717, 1.165) is 5.56 Å². The Morgan fingerprint density at radius 1 is 1.28 bits per heavy atom. The van der Waals surface area contributed by atoms with Crippen LogP contribution >= 0.6 is 0 Å².